The Balaban J connectivity index is 2.07. The second-order valence-electron chi connectivity index (χ2n) is 3.52. The van der Waals surface area contributed by atoms with Crippen LogP contribution >= 0.6 is 11.6 Å². The Bertz CT molecular complexity index is 424. The van der Waals surface area contributed by atoms with E-state index in [2.05, 4.69) is 4.98 Å². The summed E-state index contributed by atoms with van der Waals surface area (Å²) in [6.45, 7) is 1.92. The lowest BCUT2D eigenvalue weighted by Gasteiger charge is -2.06. The molecule has 2 aromatic heterocycles. The van der Waals surface area contributed by atoms with Crippen LogP contribution in [-0.4, -0.2) is 4.98 Å². The summed E-state index contributed by atoms with van der Waals surface area (Å²) >= 11 is 6.27. The smallest absolute Gasteiger partial charge is 0.101 e. The quantitative estimate of drug-likeness (QED) is 0.742. The van der Waals surface area contributed by atoms with Crippen LogP contribution in [-0.2, 0) is 6.42 Å². The Morgan fingerprint density at radius 1 is 1.40 bits per heavy atom. The molecular weight excluding hydrogens is 210 g/mol. The summed E-state index contributed by atoms with van der Waals surface area (Å²) in [7, 11) is 0. The molecule has 3 heteroatoms. The summed E-state index contributed by atoms with van der Waals surface area (Å²) in [4.78, 5) is 3.97. The Labute approximate surface area is 93.9 Å². The first-order chi connectivity index (χ1) is 7.25. The molecule has 78 valence electrons. The van der Waals surface area contributed by atoms with Crippen LogP contribution in [0.1, 0.15) is 22.3 Å². The van der Waals surface area contributed by atoms with Gasteiger partial charge in [0.05, 0.1) is 11.6 Å². The number of halogens is 1. The van der Waals surface area contributed by atoms with E-state index in [9.17, 15) is 0 Å². The van der Waals surface area contributed by atoms with Crippen LogP contribution in [0.4, 0.5) is 0 Å². The van der Waals surface area contributed by atoms with Crippen LogP contribution in [0, 0.1) is 6.92 Å². The molecule has 0 aliphatic rings. The molecular formula is C12H12ClNO. The fourth-order valence-corrected chi connectivity index (χ4v) is 1.76. The first-order valence-electron chi connectivity index (χ1n) is 4.83. The third-order valence-corrected chi connectivity index (χ3v) is 2.68. The normalized spacial score (nSPS) is 12.7. The van der Waals surface area contributed by atoms with Gasteiger partial charge in [-0.3, -0.25) is 4.98 Å². The molecule has 15 heavy (non-hydrogen) atoms. The molecule has 0 aliphatic heterocycles. The van der Waals surface area contributed by atoms with Crippen molar-refractivity contribution in [1.29, 1.82) is 0 Å². The highest BCUT2D eigenvalue weighted by molar-refractivity contribution is 6.20. The molecule has 0 saturated heterocycles. The minimum Gasteiger partial charge on any atom is -0.469 e. The van der Waals surface area contributed by atoms with Gasteiger partial charge in [0, 0.05) is 18.0 Å². The van der Waals surface area contributed by atoms with Gasteiger partial charge in [0.25, 0.3) is 0 Å². The lowest BCUT2D eigenvalue weighted by molar-refractivity contribution is 0.531. The van der Waals surface area contributed by atoms with Gasteiger partial charge < -0.3 is 4.42 Å². The maximum atomic E-state index is 6.27. The highest BCUT2D eigenvalue weighted by Gasteiger charge is 2.10. The van der Waals surface area contributed by atoms with E-state index in [1.54, 1.807) is 18.7 Å². The summed E-state index contributed by atoms with van der Waals surface area (Å²) in [6.07, 6.45) is 6.07. The maximum Gasteiger partial charge on any atom is 0.101 e. The first-order valence-corrected chi connectivity index (χ1v) is 5.27. The van der Waals surface area contributed by atoms with Gasteiger partial charge in [-0.05, 0) is 37.1 Å². The second-order valence-corrected chi connectivity index (χ2v) is 4.04. The molecule has 0 aliphatic carbocycles. The second kappa shape index (κ2) is 4.49. The minimum atomic E-state index is -0.0372. The van der Waals surface area contributed by atoms with Gasteiger partial charge in [0.2, 0.25) is 0 Å². The molecule has 0 fully saturated rings. The van der Waals surface area contributed by atoms with Crippen LogP contribution < -0.4 is 0 Å². The molecule has 0 saturated carbocycles. The third-order valence-electron chi connectivity index (χ3n) is 2.28. The van der Waals surface area contributed by atoms with Crippen LogP contribution in [0.15, 0.2) is 41.3 Å². The third kappa shape index (κ3) is 2.60. The topological polar surface area (TPSA) is 26.0 Å². The molecule has 0 N–H and O–H groups in total. The zero-order valence-electron chi connectivity index (χ0n) is 8.48. The predicted molar refractivity (Wildman–Crippen MR) is 60.0 cm³/mol. The molecule has 1 unspecified atom stereocenters. The van der Waals surface area contributed by atoms with E-state index in [1.165, 1.54) is 5.56 Å². The van der Waals surface area contributed by atoms with Crippen molar-refractivity contribution in [2.75, 3.05) is 0 Å². The average Bonchev–Trinajstić information content (AvgIpc) is 2.66. The summed E-state index contributed by atoms with van der Waals surface area (Å²) < 4.78 is 5.23. The van der Waals surface area contributed by atoms with Gasteiger partial charge in [-0.25, -0.2) is 0 Å². The molecule has 0 aromatic carbocycles. The zero-order chi connectivity index (χ0) is 10.7. The number of furan rings is 1. The van der Waals surface area contributed by atoms with E-state index in [-0.39, 0.29) is 5.38 Å². The zero-order valence-corrected chi connectivity index (χ0v) is 9.24. The molecule has 2 nitrogen and oxygen atoms in total. The van der Waals surface area contributed by atoms with Crippen LogP contribution in [0.3, 0.4) is 0 Å². The number of hydrogen-bond donors (Lipinski definition) is 0. The van der Waals surface area contributed by atoms with E-state index < -0.39 is 0 Å². The van der Waals surface area contributed by atoms with E-state index in [4.69, 9.17) is 16.0 Å². The summed E-state index contributed by atoms with van der Waals surface area (Å²) in [5, 5.41) is -0.0372. The van der Waals surface area contributed by atoms with Crippen LogP contribution in [0.5, 0.6) is 0 Å². The fourth-order valence-electron chi connectivity index (χ4n) is 1.47. The predicted octanol–water partition coefficient (Wildman–Crippen LogP) is 3.51. The largest absolute Gasteiger partial charge is 0.469 e. The summed E-state index contributed by atoms with van der Waals surface area (Å²) in [5.74, 6) is 0.894. The van der Waals surface area contributed by atoms with Crippen molar-refractivity contribution in [2.45, 2.75) is 18.7 Å². The van der Waals surface area contributed by atoms with Gasteiger partial charge in [-0.2, -0.15) is 0 Å². The average molecular weight is 222 g/mol. The number of aromatic nitrogens is 1. The molecule has 0 radical (unpaired) electrons. The molecule has 0 amide bonds. The maximum absolute atomic E-state index is 6.27. The van der Waals surface area contributed by atoms with Crippen molar-refractivity contribution in [1.82, 2.24) is 4.98 Å². The Morgan fingerprint density at radius 2 is 2.13 bits per heavy atom. The van der Waals surface area contributed by atoms with Crippen LogP contribution in [0.25, 0.3) is 0 Å². The van der Waals surface area contributed by atoms with E-state index in [0.717, 1.165) is 17.7 Å². The molecule has 0 bridgehead atoms. The van der Waals surface area contributed by atoms with Crippen molar-refractivity contribution >= 4 is 11.6 Å². The van der Waals surface area contributed by atoms with Crippen molar-refractivity contribution in [3.05, 3.63) is 53.7 Å². The number of rotatable bonds is 3. The number of aryl methyl sites for hydroxylation is 1. The summed E-state index contributed by atoms with van der Waals surface area (Å²) in [5.41, 5.74) is 2.22. The van der Waals surface area contributed by atoms with Crippen molar-refractivity contribution < 1.29 is 4.42 Å². The van der Waals surface area contributed by atoms with Crippen molar-refractivity contribution in [3.8, 4) is 0 Å². The van der Waals surface area contributed by atoms with Crippen LogP contribution in [0.2, 0.25) is 0 Å². The number of nitrogens with zero attached hydrogens (tertiary/aromatic N) is 1. The molecule has 2 heterocycles. The highest BCUT2D eigenvalue weighted by atomic mass is 35.5. The van der Waals surface area contributed by atoms with E-state index in [1.807, 2.05) is 25.1 Å². The standard InChI is InChI=1S/C12H12ClNO/c1-9-6-11(8-15-9)12(13)7-10-2-4-14-5-3-10/h2-6,8,12H,7H2,1H3. The molecule has 0 spiro atoms. The van der Waals surface area contributed by atoms with Crippen molar-refractivity contribution in [2.24, 2.45) is 0 Å². The fraction of sp³-hybridized carbons (Fsp3) is 0.250. The first kappa shape index (κ1) is 10.2. The van der Waals surface area contributed by atoms with Gasteiger partial charge in [0.1, 0.15) is 5.76 Å². The highest BCUT2D eigenvalue weighted by Crippen LogP contribution is 2.26. The number of hydrogen-bond acceptors (Lipinski definition) is 2. The SMILES string of the molecule is Cc1cc(C(Cl)Cc2ccncc2)co1. The van der Waals surface area contributed by atoms with E-state index in [0.29, 0.717) is 0 Å². The Hall–Kier alpha value is -1.28. The lowest BCUT2D eigenvalue weighted by Crippen LogP contribution is -1.94. The van der Waals surface area contributed by atoms with Gasteiger partial charge >= 0.3 is 0 Å². The van der Waals surface area contributed by atoms with Gasteiger partial charge in [-0.15, -0.1) is 11.6 Å². The van der Waals surface area contributed by atoms with E-state index >= 15 is 0 Å². The monoisotopic (exact) mass is 221 g/mol. The Morgan fingerprint density at radius 3 is 2.73 bits per heavy atom. The van der Waals surface area contributed by atoms with Crippen molar-refractivity contribution in [3.63, 3.8) is 0 Å². The lowest BCUT2D eigenvalue weighted by atomic mass is 10.1. The molecule has 1 atom stereocenters. The summed E-state index contributed by atoms with van der Waals surface area (Å²) in [6, 6.07) is 5.92. The molecule has 2 aromatic rings. The Kier molecular flexibility index (Phi) is 3.07. The van der Waals surface area contributed by atoms with Gasteiger partial charge in [0.15, 0.2) is 0 Å². The molecule has 2 rings (SSSR count). The number of pyridine rings is 1. The minimum absolute atomic E-state index is 0.0372. The van der Waals surface area contributed by atoms with Gasteiger partial charge in [-0.1, -0.05) is 0 Å². The number of alkyl halides is 1.